The first-order valence-corrected chi connectivity index (χ1v) is 5.42. The average molecular weight is 233 g/mol. The minimum Gasteiger partial charge on any atom is -0.465 e. The van der Waals surface area contributed by atoms with Crippen LogP contribution in [0.4, 0.5) is 0 Å². The van der Waals surface area contributed by atoms with Crippen LogP contribution in [0.25, 0.3) is 11.1 Å². The summed E-state index contributed by atoms with van der Waals surface area (Å²) in [5, 5.41) is 0. The zero-order valence-electron chi connectivity index (χ0n) is 10.4. The molecule has 0 bridgehead atoms. The van der Waals surface area contributed by atoms with Gasteiger partial charge in [0.2, 0.25) is 5.89 Å². The average Bonchev–Trinajstić information content (AvgIpc) is 2.71. The van der Waals surface area contributed by atoms with E-state index in [4.69, 9.17) is 9.15 Å². The molecule has 0 unspecified atom stereocenters. The highest BCUT2D eigenvalue weighted by Gasteiger charge is 2.23. The van der Waals surface area contributed by atoms with Crippen molar-refractivity contribution in [3.63, 3.8) is 0 Å². The van der Waals surface area contributed by atoms with Gasteiger partial charge >= 0.3 is 5.97 Å². The first kappa shape index (κ1) is 11.6. The van der Waals surface area contributed by atoms with E-state index in [9.17, 15) is 4.79 Å². The molecule has 1 aromatic carbocycles. The van der Waals surface area contributed by atoms with Crippen LogP contribution in [-0.2, 0) is 10.2 Å². The number of hydrogen-bond acceptors (Lipinski definition) is 4. The molecule has 0 radical (unpaired) electrons. The number of carbonyl (C=O) groups excluding carboxylic acids is 1. The van der Waals surface area contributed by atoms with Crippen LogP contribution in [0.1, 0.15) is 37.0 Å². The van der Waals surface area contributed by atoms with Gasteiger partial charge in [0.05, 0.1) is 12.7 Å². The van der Waals surface area contributed by atoms with Gasteiger partial charge in [-0.05, 0) is 12.1 Å². The van der Waals surface area contributed by atoms with Gasteiger partial charge in [0.15, 0.2) is 5.58 Å². The summed E-state index contributed by atoms with van der Waals surface area (Å²) in [4.78, 5) is 16.0. The third-order valence-electron chi connectivity index (χ3n) is 2.47. The highest BCUT2D eigenvalue weighted by Crippen LogP contribution is 2.27. The highest BCUT2D eigenvalue weighted by atomic mass is 16.5. The Morgan fingerprint density at radius 3 is 2.65 bits per heavy atom. The summed E-state index contributed by atoms with van der Waals surface area (Å²) in [5.41, 5.74) is 1.42. The van der Waals surface area contributed by atoms with Crippen molar-refractivity contribution in [3.8, 4) is 0 Å². The quantitative estimate of drug-likeness (QED) is 0.710. The molecule has 1 heterocycles. The van der Waals surface area contributed by atoms with Crippen molar-refractivity contribution in [2.24, 2.45) is 0 Å². The number of aromatic nitrogens is 1. The standard InChI is InChI=1S/C13H15NO3/c1-13(2,3)12-14-10-8(11(15)16-4)6-5-7-9(10)17-12/h5-7H,1-4H3. The van der Waals surface area contributed by atoms with Crippen molar-refractivity contribution in [3.05, 3.63) is 29.7 Å². The van der Waals surface area contributed by atoms with Crippen molar-refractivity contribution in [1.29, 1.82) is 0 Å². The van der Waals surface area contributed by atoms with Crippen LogP contribution in [0.5, 0.6) is 0 Å². The highest BCUT2D eigenvalue weighted by molar-refractivity contribution is 6.01. The molecule has 1 aromatic heterocycles. The van der Waals surface area contributed by atoms with Crippen LogP contribution in [0.2, 0.25) is 0 Å². The SMILES string of the molecule is COC(=O)c1cccc2oc(C(C)(C)C)nc12. The zero-order valence-corrected chi connectivity index (χ0v) is 10.4. The number of ether oxygens (including phenoxy) is 1. The lowest BCUT2D eigenvalue weighted by Gasteiger charge is -2.11. The van der Waals surface area contributed by atoms with Gasteiger partial charge in [0.1, 0.15) is 5.52 Å². The van der Waals surface area contributed by atoms with Gasteiger partial charge in [-0.2, -0.15) is 0 Å². The Morgan fingerprint density at radius 1 is 1.35 bits per heavy atom. The molecule has 4 nitrogen and oxygen atoms in total. The minimum absolute atomic E-state index is 0.188. The second-order valence-corrected chi connectivity index (χ2v) is 4.91. The zero-order chi connectivity index (χ0) is 12.6. The summed E-state index contributed by atoms with van der Waals surface area (Å²) >= 11 is 0. The van der Waals surface area contributed by atoms with Crippen molar-refractivity contribution < 1.29 is 13.9 Å². The molecule has 2 rings (SSSR count). The van der Waals surface area contributed by atoms with Gasteiger partial charge < -0.3 is 9.15 Å². The van der Waals surface area contributed by atoms with E-state index in [1.54, 1.807) is 18.2 Å². The van der Waals surface area contributed by atoms with Crippen molar-refractivity contribution in [2.75, 3.05) is 7.11 Å². The van der Waals surface area contributed by atoms with Crippen LogP contribution in [-0.4, -0.2) is 18.1 Å². The number of fused-ring (bicyclic) bond motifs is 1. The molecule has 17 heavy (non-hydrogen) atoms. The number of nitrogens with zero attached hydrogens (tertiary/aromatic N) is 1. The molecule has 0 amide bonds. The summed E-state index contributed by atoms with van der Waals surface area (Å²) in [6.45, 7) is 6.03. The van der Waals surface area contributed by atoms with E-state index < -0.39 is 5.97 Å². The van der Waals surface area contributed by atoms with Gasteiger partial charge in [0, 0.05) is 5.41 Å². The van der Waals surface area contributed by atoms with Crippen LogP contribution in [0, 0.1) is 0 Å². The van der Waals surface area contributed by atoms with Crippen LogP contribution >= 0.6 is 0 Å². The number of esters is 1. The molecular formula is C13H15NO3. The van der Waals surface area contributed by atoms with E-state index >= 15 is 0 Å². The first-order valence-electron chi connectivity index (χ1n) is 5.42. The largest absolute Gasteiger partial charge is 0.465 e. The Bertz CT molecular complexity index is 564. The monoisotopic (exact) mass is 233 g/mol. The van der Waals surface area contributed by atoms with Gasteiger partial charge in [-0.25, -0.2) is 9.78 Å². The van der Waals surface area contributed by atoms with Crippen LogP contribution < -0.4 is 0 Å². The number of para-hydroxylation sites is 1. The fraction of sp³-hybridized carbons (Fsp3) is 0.385. The maximum Gasteiger partial charge on any atom is 0.340 e. The molecule has 0 fully saturated rings. The Balaban J connectivity index is 2.65. The lowest BCUT2D eigenvalue weighted by Crippen LogP contribution is -2.11. The number of carbonyl (C=O) groups is 1. The molecular weight excluding hydrogens is 218 g/mol. The Hall–Kier alpha value is -1.84. The first-order chi connectivity index (χ1) is 7.93. The fourth-order valence-electron chi connectivity index (χ4n) is 1.54. The van der Waals surface area contributed by atoms with E-state index in [1.165, 1.54) is 7.11 Å². The van der Waals surface area contributed by atoms with Crippen molar-refractivity contribution >= 4 is 17.1 Å². The molecule has 90 valence electrons. The maximum absolute atomic E-state index is 11.6. The van der Waals surface area contributed by atoms with Gasteiger partial charge in [-0.15, -0.1) is 0 Å². The van der Waals surface area contributed by atoms with Crippen molar-refractivity contribution in [2.45, 2.75) is 26.2 Å². The molecule has 4 heteroatoms. The number of oxazole rings is 1. The number of benzene rings is 1. The lowest BCUT2D eigenvalue weighted by atomic mass is 9.97. The Labute approximate surface area is 99.6 Å². The summed E-state index contributed by atoms with van der Waals surface area (Å²) in [7, 11) is 1.35. The third kappa shape index (κ3) is 2.02. The topological polar surface area (TPSA) is 52.3 Å². The maximum atomic E-state index is 11.6. The molecule has 0 aliphatic heterocycles. The second-order valence-electron chi connectivity index (χ2n) is 4.91. The Kier molecular flexibility index (Phi) is 2.65. The smallest absolute Gasteiger partial charge is 0.340 e. The minimum atomic E-state index is -0.399. The number of rotatable bonds is 1. The lowest BCUT2D eigenvalue weighted by molar-refractivity contribution is 0.0602. The van der Waals surface area contributed by atoms with E-state index in [-0.39, 0.29) is 5.41 Å². The van der Waals surface area contributed by atoms with Gasteiger partial charge in [0.25, 0.3) is 0 Å². The van der Waals surface area contributed by atoms with Gasteiger partial charge in [-0.1, -0.05) is 26.8 Å². The third-order valence-corrected chi connectivity index (χ3v) is 2.47. The molecule has 0 spiro atoms. The van der Waals surface area contributed by atoms with Crippen molar-refractivity contribution in [1.82, 2.24) is 4.98 Å². The molecule has 0 atom stereocenters. The summed E-state index contributed by atoms with van der Waals surface area (Å²) in [6, 6.07) is 5.24. The summed E-state index contributed by atoms with van der Waals surface area (Å²) < 4.78 is 10.4. The second kappa shape index (κ2) is 3.87. The van der Waals surface area contributed by atoms with Gasteiger partial charge in [-0.3, -0.25) is 0 Å². The van der Waals surface area contributed by atoms with E-state index in [0.717, 1.165) is 0 Å². The number of methoxy groups -OCH3 is 1. The molecule has 0 aliphatic rings. The predicted molar refractivity (Wildman–Crippen MR) is 64.0 cm³/mol. The Morgan fingerprint density at radius 2 is 2.06 bits per heavy atom. The summed E-state index contributed by atoms with van der Waals surface area (Å²) in [5.74, 6) is 0.216. The molecule has 2 aromatic rings. The van der Waals surface area contributed by atoms with E-state index in [1.807, 2.05) is 20.8 Å². The normalized spacial score (nSPS) is 11.8. The fourth-order valence-corrected chi connectivity index (χ4v) is 1.54. The molecule has 0 saturated heterocycles. The summed E-state index contributed by atoms with van der Waals surface area (Å²) in [6.07, 6.45) is 0. The molecule has 0 saturated carbocycles. The van der Waals surface area contributed by atoms with E-state index in [2.05, 4.69) is 4.98 Å². The van der Waals surface area contributed by atoms with Crippen LogP contribution in [0.3, 0.4) is 0 Å². The van der Waals surface area contributed by atoms with Crippen LogP contribution in [0.15, 0.2) is 22.6 Å². The van der Waals surface area contributed by atoms with E-state index in [0.29, 0.717) is 22.6 Å². The predicted octanol–water partition coefficient (Wildman–Crippen LogP) is 2.91. The molecule has 0 N–H and O–H groups in total. The molecule has 0 aliphatic carbocycles. The number of hydrogen-bond donors (Lipinski definition) is 0.